The monoisotopic (exact) mass is 390 g/mol. The molecule has 0 spiro atoms. The maximum Gasteiger partial charge on any atom is 0.373 e. The summed E-state index contributed by atoms with van der Waals surface area (Å²) in [6.45, 7) is 6.22. The number of allylic oxidation sites excluding steroid dienone is 1. The largest absolute Gasteiger partial charge is 0.457 e. The van der Waals surface area contributed by atoms with E-state index in [0.29, 0.717) is 30.9 Å². The molecule has 152 valence electrons. The fourth-order valence-electron chi connectivity index (χ4n) is 3.46. The zero-order chi connectivity index (χ0) is 19.9. The van der Waals surface area contributed by atoms with Gasteiger partial charge in [0.1, 0.15) is 6.61 Å². The van der Waals surface area contributed by atoms with Crippen LogP contribution in [0.3, 0.4) is 0 Å². The van der Waals surface area contributed by atoms with Gasteiger partial charge in [0, 0.05) is 25.0 Å². The summed E-state index contributed by atoms with van der Waals surface area (Å²) in [5, 5.41) is 9.32. The Bertz CT molecular complexity index is 727. The molecule has 1 aromatic carbocycles. The van der Waals surface area contributed by atoms with Gasteiger partial charge < -0.3 is 28.8 Å². The Hall–Kier alpha value is -2.51. The number of aliphatic hydroxyl groups excluding tert-OH is 1. The molecule has 28 heavy (non-hydrogen) atoms. The first-order valence-corrected chi connectivity index (χ1v) is 9.46. The number of carbonyl (C=O) groups excluding carboxylic acids is 1. The van der Waals surface area contributed by atoms with Crippen LogP contribution in [0.25, 0.3) is 0 Å². The SMILES string of the molecule is C=CCOC(=O)C1=C[C@H](c2ccc3c(c2)OCO3)[C@H](CCCO)[C@H](OCC)O1. The van der Waals surface area contributed by atoms with Crippen LogP contribution < -0.4 is 9.47 Å². The maximum atomic E-state index is 12.4. The van der Waals surface area contributed by atoms with Gasteiger partial charge >= 0.3 is 5.97 Å². The molecule has 3 atom stereocenters. The van der Waals surface area contributed by atoms with Crippen molar-refractivity contribution in [3.8, 4) is 11.5 Å². The van der Waals surface area contributed by atoms with Crippen LogP contribution in [0.15, 0.2) is 42.7 Å². The molecule has 0 saturated heterocycles. The van der Waals surface area contributed by atoms with Crippen molar-refractivity contribution in [2.75, 3.05) is 26.6 Å². The first kappa shape index (κ1) is 20.2. The molecule has 0 aliphatic carbocycles. The Morgan fingerprint density at radius 2 is 2.18 bits per heavy atom. The number of carbonyl (C=O) groups is 1. The van der Waals surface area contributed by atoms with Gasteiger partial charge in [0.25, 0.3) is 0 Å². The van der Waals surface area contributed by atoms with Crippen molar-refractivity contribution in [2.45, 2.75) is 32.0 Å². The maximum absolute atomic E-state index is 12.4. The fourth-order valence-corrected chi connectivity index (χ4v) is 3.46. The number of hydrogen-bond acceptors (Lipinski definition) is 7. The molecule has 7 nitrogen and oxygen atoms in total. The highest BCUT2D eigenvalue weighted by Crippen LogP contribution is 2.42. The summed E-state index contributed by atoms with van der Waals surface area (Å²) in [5.74, 6) is 0.668. The molecule has 0 amide bonds. The lowest BCUT2D eigenvalue weighted by atomic mass is 9.80. The van der Waals surface area contributed by atoms with E-state index in [1.165, 1.54) is 6.08 Å². The van der Waals surface area contributed by atoms with Crippen molar-refractivity contribution in [3.63, 3.8) is 0 Å². The molecule has 7 heteroatoms. The lowest BCUT2D eigenvalue weighted by molar-refractivity contribution is -0.175. The topological polar surface area (TPSA) is 83.5 Å². The van der Waals surface area contributed by atoms with Crippen LogP contribution in [-0.4, -0.2) is 44.0 Å². The van der Waals surface area contributed by atoms with E-state index in [2.05, 4.69) is 6.58 Å². The zero-order valence-corrected chi connectivity index (χ0v) is 16.0. The highest BCUT2D eigenvalue weighted by atomic mass is 16.7. The Balaban J connectivity index is 1.95. The van der Waals surface area contributed by atoms with E-state index in [4.69, 9.17) is 23.7 Å². The molecule has 2 aliphatic rings. The smallest absolute Gasteiger partial charge is 0.373 e. The average molecular weight is 390 g/mol. The quantitative estimate of drug-likeness (QED) is 0.513. The number of hydrogen-bond donors (Lipinski definition) is 1. The van der Waals surface area contributed by atoms with Crippen LogP contribution in [0.4, 0.5) is 0 Å². The molecule has 2 heterocycles. The van der Waals surface area contributed by atoms with Crippen molar-refractivity contribution in [3.05, 3.63) is 48.3 Å². The zero-order valence-electron chi connectivity index (χ0n) is 16.0. The number of benzene rings is 1. The van der Waals surface area contributed by atoms with E-state index in [1.807, 2.05) is 25.1 Å². The molecule has 0 fully saturated rings. The Kier molecular flexibility index (Phi) is 6.95. The third kappa shape index (κ3) is 4.48. The number of fused-ring (bicyclic) bond motifs is 1. The molecule has 0 radical (unpaired) electrons. The third-order valence-electron chi connectivity index (χ3n) is 4.73. The van der Waals surface area contributed by atoms with Crippen LogP contribution in [0.5, 0.6) is 11.5 Å². The van der Waals surface area contributed by atoms with Gasteiger partial charge in [-0.05, 0) is 43.5 Å². The summed E-state index contributed by atoms with van der Waals surface area (Å²) in [5.41, 5.74) is 0.953. The summed E-state index contributed by atoms with van der Waals surface area (Å²) in [4.78, 5) is 12.4. The van der Waals surface area contributed by atoms with Gasteiger partial charge in [-0.15, -0.1) is 0 Å². The van der Waals surface area contributed by atoms with Crippen molar-refractivity contribution in [2.24, 2.45) is 5.92 Å². The molecular weight excluding hydrogens is 364 g/mol. The van der Waals surface area contributed by atoms with Gasteiger partial charge in [-0.25, -0.2) is 4.79 Å². The van der Waals surface area contributed by atoms with Gasteiger partial charge in [0.15, 0.2) is 11.5 Å². The Morgan fingerprint density at radius 1 is 1.36 bits per heavy atom. The molecule has 0 saturated carbocycles. The second-order valence-corrected chi connectivity index (χ2v) is 6.53. The van der Waals surface area contributed by atoms with E-state index in [1.54, 1.807) is 6.08 Å². The van der Waals surface area contributed by atoms with Gasteiger partial charge in [0.2, 0.25) is 18.8 Å². The van der Waals surface area contributed by atoms with Gasteiger partial charge in [0.05, 0.1) is 0 Å². The number of aliphatic hydroxyl groups is 1. The first-order chi connectivity index (χ1) is 13.7. The van der Waals surface area contributed by atoms with Crippen molar-refractivity contribution in [1.29, 1.82) is 0 Å². The van der Waals surface area contributed by atoms with E-state index in [-0.39, 0.29) is 37.6 Å². The molecule has 3 rings (SSSR count). The molecule has 1 aromatic rings. The summed E-state index contributed by atoms with van der Waals surface area (Å²) in [6, 6.07) is 5.72. The van der Waals surface area contributed by atoms with Gasteiger partial charge in [-0.2, -0.15) is 0 Å². The number of esters is 1. The van der Waals surface area contributed by atoms with E-state index in [0.717, 1.165) is 5.56 Å². The summed E-state index contributed by atoms with van der Waals surface area (Å²) in [6.07, 6.45) is 3.92. The first-order valence-electron chi connectivity index (χ1n) is 9.46. The normalized spacial score (nSPS) is 22.9. The minimum Gasteiger partial charge on any atom is -0.457 e. The summed E-state index contributed by atoms with van der Waals surface area (Å²) >= 11 is 0. The molecule has 0 aromatic heterocycles. The van der Waals surface area contributed by atoms with Crippen LogP contribution in [0.2, 0.25) is 0 Å². The van der Waals surface area contributed by atoms with E-state index >= 15 is 0 Å². The van der Waals surface area contributed by atoms with Crippen LogP contribution in [0.1, 0.15) is 31.2 Å². The number of rotatable bonds is 9. The van der Waals surface area contributed by atoms with Crippen molar-refractivity contribution in [1.82, 2.24) is 0 Å². The highest BCUT2D eigenvalue weighted by Gasteiger charge is 2.38. The highest BCUT2D eigenvalue weighted by molar-refractivity contribution is 5.86. The molecule has 2 aliphatic heterocycles. The molecule has 0 bridgehead atoms. The van der Waals surface area contributed by atoms with Crippen LogP contribution >= 0.6 is 0 Å². The lowest BCUT2D eigenvalue weighted by Crippen LogP contribution is -2.36. The number of ether oxygens (including phenoxy) is 5. The predicted molar refractivity (Wildman–Crippen MR) is 101 cm³/mol. The molecule has 1 N–H and O–H groups in total. The van der Waals surface area contributed by atoms with Crippen LogP contribution in [-0.2, 0) is 19.0 Å². The van der Waals surface area contributed by atoms with Gasteiger partial charge in [-0.1, -0.05) is 18.7 Å². The summed E-state index contributed by atoms with van der Waals surface area (Å²) < 4.78 is 27.7. The summed E-state index contributed by atoms with van der Waals surface area (Å²) in [7, 11) is 0. The minimum absolute atomic E-state index is 0.0706. The van der Waals surface area contributed by atoms with Crippen molar-refractivity contribution < 1.29 is 33.6 Å². The average Bonchev–Trinajstić information content (AvgIpc) is 3.18. The lowest BCUT2D eigenvalue weighted by Gasteiger charge is -2.36. The molecule has 0 unspecified atom stereocenters. The second kappa shape index (κ2) is 9.61. The van der Waals surface area contributed by atoms with Crippen LogP contribution in [0, 0.1) is 5.92 Å². The van der Waals surface area contributed by atoms with E-state index < -0.39 is 12.3 Å². The predicted octanol–water partition coefficient (Wildman–Crippen LogP) is 2.89. The van der Waals surface area contributed by atoms with E-state index in [9.17, 15) is 9.90 Å². The van der Waals surface area contributed by atoms with Gasteiger partial charge in [-0.3, -0.25) is 0 Å². The fraction of sp³-hybridized carbons (Fsp3) is 0.476. The standard InChI is InChI=1S/C21H26O7/c1-3-10-25-20(23)19-12-16(14-7-8-17-18(11-14)27-13-26-17)15(6-5-9-22)21(28-19)24-4-2/h3,7-8,11-12,15-16,21-22H,1,4-6,9-10,13H2,2H3/t15-,16+,21+/m0/s1. The second-order valence-electron chi connectivity index (χ2n) is 6.53. The Morgan fingerprint density at radius 3 is 2.93 bits per heavy atom. The minimum atomic E-state index is -0.622. The third-order valence-corrected chi connectivity index (χ3v) is 4.73. The van der Waals surface area contributed by atoms with Crippen molar-refractivity contribution >= 4 is 5.97 Å². The molecular formula is C21H26O7. The Labute approximate surface area is 164 Å².